The summed E-state index contributed by atoms with van der Waals surface area (Å²) in [6.07, 6.45) is 0.104. The van der Waals surface area contributed by atoms with E-state index >= 15 is 0 Å². The SMILES string of the molecule is C=C(CN1Cc2c(-c3ccc4c(c3)c(-c3cccc(C=O)c3)nn4C(=O)OC(C)(C)C)ccc(N)c2C1=O)C(N)=O. The lowest BCUT2D eigenvalue weighted by Gasteiger charge is -2.19. The standard InChI is InChI=1S/C31H29N5O5/c1-17(28(33)38)14-35-15-23-21(9-10-24(32)26(23)29(35)39)19-8-11-25-22(13-19)27(20-7-5-6-18(12-20)16-37)34-36(25)30(40)41-31(2,3)4/h5-13,16H,1,14-15,32H2,2-4H3,(H2,33,38). The van der Waals surface area contributed by atoms with Crippen molar-refractivity contribution in [2.24, 2.45) is 5.73 Å². The number of carbonyl (C=O) groups is 4. The van der Waals surface area contributed by atoms with Crippen molar-refractivity contribution in [1.82, 2.24) is 14.7 Å². The van der Waals surface area contributed by atoms with Gasteiger partial charge in [-0.1, -0.05) is 36.9 Å². The Kier molecular flexibility index (Phi) is 6.70. The van der Waals surface area contributed by atoms with Gasteiger partial charge in [-0.2, -0.15) is 9.78 Å². The van der Waals surface area contributed by atoms with E-state index in [1.807, 2.05) is 24.3 Å². The minimum absolute atomic E-state index is 0.0133. The minimum atomic E-state index is -0.740. The van der Waals surface area contributed by atoms with Crippen molar-refractivity contribution in [3.63, 3.8) is 0 Å². The van der Waals surface area contributed by atoms with Gasteiger partial charge in [-0.15, -0.1) is 0 Å². The predicted octanol–water partition coefficient (Wildman–Crippen LogP) is 4.55. The lowest BCUT2D eigenvalue weighted by molar-refractivity contribution is -0.114. The van der Waals surface area contributed by atoms with E-state index in [-0.39, 0.29) is 24.6 Å². The molecule has 4 aromatic rings. The number of carbonyl (C=O) groups excluding carboxylic acids is 4. The van der Waals surface area contributed by atoms with Crippen molar-refractivity contribution in [3.8, 4) is 22.4 Å². The molecule has 0 radical (unpaired) electrons. The maximum absolute atomic E-state index is 13.2. The van der Waals surface area contributed by atoms with E-state index in [0.717, 1.165) is 17.4 Å². The molecular formula is C31H29N5O5. The first-order valence-corrected chi connectivity index (χ1v) is 12.9. The average Bonchev–Trinajstić information content (AvgIpc) is 3.46. The second-order valence-electron chi connectivity index (χ2n) is 10.9. The first kappa shape index (κ1) is 27.3. The van der Waals surface area contributed by atoms with E-state index in [9.17, 15) is 19.2 Å². The van der Waals surface area contributed by atoms with Crippen LogP contribution in [0.1, 0.15) is 47.1 Å². The molecule has 2 heterocycles. The Labute approximate surface area is 236 Å². The van der Waals surface area contributed by atoms with Crippen LogP contribution in [0.3, 0.4) is 0 Å². The van der Waals surface area contributed by atoms with Crippen LogP contribution in [0.2, 0.25) is 0 Å². The number of nitrogens with zero attached hydrogens (tertiary/aromatic N) is 3. The number of hydrogen-bond donors (Lipinski definition) is 2. The molecule has 3 aromatic carbocycles. The summed E-state index contributed by atoms with van der Waals surface area (Å²) in [6.45, 7) is 9.19. The van der Waals surface area contributed by atoms with Gasteiger partial charge < -0.3 is 21.1 Å². The van der Waals surface area contributed by atoms with Crippen LogP contribution in [-0.2, 0) is 16.1 Å². The number of rotatable bonds is 6. The van der Waals surface area contributed by atoms with Crippen LogP contribution in [0.5, 0.6) is 0 Å². The zero-order valence-electron chi connectivity index (χ0n) is 22.9. The molecule has 5 rings (SSSR count). The number of nitrogen functional groups attached to an aromatic ring is 1. The molecular weight excluding hydrogens is 522 g/mol. The minimum Gasteiger partial charge on any atom is -0.442 e. The smallest absolute Gasteiger partial charge is 0.435 e. The highest BCUT2D eigenvalue weighted by Crippen LogP contribution is 2.39. The van der Waals surface area contributed by atoms with E-state index in [0.29, 0.717) is 44.5 Å². The number of amides is 2. The molecule has 0 saturated carbocycles. The van der Waals surface area contributed by atoms with Crippen LogP contribution < -0.4 is 11.5 Å². The highest BCUT2D eigenvalue weighted by Gasteiger charge is 2.33. The maximum Gasteiger partial charge on any atom is 0.435 e. The van der Waals surface area contributed by atoms with Crippen molar-refractivity contribution in [2.75, 3.05) is 12.3 Å². The van der Waals surface area contributed by atoms with Gasteiger partial charge in [-0.3, -0.25) is 14.4 Å². The number of ether oxygens (including phenoxy) is 1. The van der Waals surface area contributed by atoms with Crippen LogP contribution in [0.4, 0.5) is 10.5 Å². The first-order valence-electron chi connectivity index (χ1n) is 12.9. The van der Waals surface area contributed by atoms with Crippen LogP contribution in [0.25, 0.3) is 33.3 Å². The average molecular weight is 552 g/mol. The molecule has 0 aliphatic carbocycles. The Balaban J connectivity index is 1.67. The molecule has 0 unspecified atom stereocenters. The summed E-state index contributed by atoms with van der Waals surface area (Å²) in [7, 11) is 0. The van der Waals surface area contributed by atoms with Crippen LogP contribution in [0, 0.1) is 0 Å². The number of aromatic nitrogens is 2. The topological polar surface area (TPSA) is 151 Å². The van der Waals surface area contributed by atoms with Crippen LogP contribution in [0.15, 0.2) is 66.7 Å². The van der Waals surface area contributed by atoms with Crippen LogP contribution >= 0.6 is 0 Å². The number of fused-ring (bicyclic) bond motifs is 2. The van der Waals surface area contributed by atoms with E-state index in [1.54, 1.807) is 51.1 Å². The summed E-state index contributed by atoms with van der Waals surface area (Å²) in [5, 5.41) is 5.25. The molecule has 1 aliphatic rings. The molecule has 0 spiro atoms. The first-order chi connectivity index (χ1) is 19.4. The zero-order valence-corrected chi connectivity index (χ0v) is 22.9. The van der Waals surface area contributed by atoms with Gasteiger partial charge in [0.2, 0.25) is 5.91 Å². The normalized spacial score (nSPS) is 12.9. The Morgan fingerprint density at radius 2 is 1.85 bits per heavy atom. The van der Waals surface area contributed by atoms with Gasteiger partial charge in [-0.05, 0) is 61.7 Å². The lowest BCUT2D eigenvalue weighted by Crippen LogP contribution is -2.30. The summed E-state index contributed by atoms with van der Waals surface area (Å²) < 4.78 is 6.80. The number of benzene rings is 3. The number of primary amides is 1. The molecule has 4 N–H and O–H groups in total. The Morgan fingerprint density at radius 1 is 1.10 bits per heavy atom. The fourth-order valence-electron chi connectivity index (χ4n) is 4.91. The molecule has 0 bridgehead atoms. The van der Waals surface area contributed by atoms with E-state index < -0.39 is 17.6 Å². The summed E-state index contributed by atoms with van der Waals surface area (Å²) >= 11 is 0. The molecule has 10 nitrogen and oxygen atoms in total. The summed E-state index contributed by atoms with van der Waals surface area (Å²) in [5.41, 5.74) is 15.9. The number of nitrogens with two attached hydrogens (primary N) is 2. The second-order valence-corrected chi connectivity index (χ2v) is 10.9. The van der Waals surface area contributed by atoms with Crippen molar-refractivity contribution >= 4 is 40.8 Å². The van der Waals surface area contributed by atoms with E-state index in [1.165, 1.54) is 9.58 Å². The number of hydrogen-bond acceptors (Lipinski definition) is 7. The maximum atomic E-state index is 13.2. The van der Waals surface area contributed by atoms with Crippen molar-refractivity contribution < 1.29 is 23.9 Å². The fourth-order valence-corrected chi connectivity index (χ4v) is 4.91. The summed E-state index contributed by atoms with van der Waals surface area (Å²) in [6, 6.07) is 15.9. The quantitative estimate of drug-likeness (QED) is 0.203. The highest BCUT2D eigenvalue weighted by molar-refractivity contribution is 6.07. The van der Waals surface area contributed by atoms with Gasteiger partial charge in [-0.25, -0.2) is 4.79 Å². The molecule has 0 atom stereocenters. The van der Waals surface area contributed by atoms with Gasteiger partial charge in [0.05, 0.1) is 17.6 Å². The van der Waals surface area contributed by atoms with Crippen molar-refractivity contribution in [1.29, 1.82) is 0 Å². The molecule has 2 amide bonds. The second kappa shape index (κ2) is 10.1. The summed E-state index contributed by atoms with van der Waals surface area (Å²) in [4.78, 5) is 50.9. The number of aldehydes is 1. The third kappa shape index (κ3) is 5.07. The molecule has 0 fully saturated rings. The molecule has 208 valence electrons. The van der Waals surface area contributed by atoms with Crippen LogP contribution in [-0.4, -0.2) is 51.0 Å². The molecule has 10 heteroatoms. The number of anilines is 1. The Hall–Kier alpha value is -5.25. The molecule has 1 aromatic heterocycles. The third-order valence-corrected chi connectivity index (χ3v) is 6.78. The molecule has 41 heavy (non-hydrogen) atoms. The zero-order chi connectivity index (χ0) is 29.6. The summed E-state index contributed by atoms with van der Waals surface area (Å²) in [5.74, 6) is -0.993. The Morgan fingerprint density at radius 3 is 2.54 bits per heavy atom. The molecule has 1 aliphatic heterocycles. The largest absolute Gasteiger partial charge is 0.442 e. The predicted molar refractivity (Wildman–Crippen MR) is 155 cm³/mol. The van der Waals surface area contributed by atoms with Gasteiger partial charge in [0.15, 0.2) is 0 Å². The Bertz CT molecular complexity index is 1780. The van der Waals surface area contributed by atoms with E-state index in [4.69, 9.17) is 16.2 Å². The van der Waals surface area contributed by atoms with Gasteiger partial charge in [0.1, 0.15) is 17.6 Å². The van der Waals surface area contributed by atoms with Gasteiger partial charge in [0, 0.05) is 34.3 Å². The van der Waals surface area contributed by atoms with E-state index in [2.05, 4.69) is 11.7 Å². The van der Waals surface area contributed by atoms with Crippen molar-refractivity contribution in [3.05, 3.63) is 83.4 Å². The fraction of sp³-hybridized carbons (Fsp3) is 0.194. The highest BCUT2D eigenvalue weighted by atomic mass is 16.6. The molecule has 0 saturated heterocycles. The van der Waals surface area contributed by atoms with Crippen molar-refractivity contribution in [2.45, 2.75) is 32.9 Å². The van der Waals surface area contributed by atoms with Gasteiger partial charge >= 0.3 is 6.09 Å². The lowest BCUT2D eigenvalue weighted by atomic mass is 9.94. The van der Waals surface area contributed by atoms with Gasteiger partial charge in [0.25, 0.3) is 5.91 Å². The third-order valence-electron chi connectivity index (χ3n) is 6.78. The monoisotopic (exact) mass is 551 g/mol.